The average molecular weight is 510 g/mol. The van der Waals surface area contributed by atoms with Crippen LogP contribution in [-0.4, -0.2) is 74.7 Å². The molecule has 2 amide bonds. The highest BCUT2D eigenvalue weighted by atomic mass is 16.5. The van der Waals surface area contributed by atoms with Gasteiger partial charge < -0.3 is 24.4 Å². The number of ether oxygens (including phenoxy) is 3. The van der Waals surface area contributed by atoms with Crippen molar-refractivity contribution in [3.8, 4) is 11.5 Å². The summed E-state index contributed by atoms with van der Waals surface area (Å²) in [6.07, 6.45) is 1.73. The van der Waals surface area contributed by atoms with Crippen molar-refractivity contribution in [1.29, 1.82) is 0 Å². The molecule has 0 unspecified atom stereocenters. The molecular weight excluding hydrogens is 470 g/mol. The molecule has 0 saturated heterocycles. The summed E-state index contributed by atoms with van der Waals surface area (Å²) in [5.74, 6) is 1.47. The van der Waals surface area contributed by atoms with Crippen molar-refractivity contribution >= 4 is 17.5 Å². The number of carbonyl (C=O) groups is 2. The fourth-order valence-corrected chi connectivity index (χ4v) is 4.70. The minimum atomic E-state index is -0.132. The Hall–Kier alpha value is -3.10. The zero-order valence-electron chi connectivity index (χ0n) is 22.5. The van der Waals surface area contributed by atoms with Crippen molar-refractivity contribution in [2.45, 2.75) is 45.4 Å². The molecule has 8 nitrogen and oxygen atoms in total. The number of nitrogens with one attached hydrogen (secondary N) is 1. The molecule has 8 heteroatoms. The molecule has 1 aliphatic heterocycles. The third-order valence-electron chi connectivity index (χ3n) is 7.34. The zero-order chi connectivity index (χ0) is 26.5. The molecule has 37 heavy (non-hydrogen) atoms. The van der Waals surface area contributed by atoms with Gasteiger partial charge in [0.05, 0.1) is 18.8 Å². The van der Waals surface area contributed by atoms with Crippen LogP contribution >= 0.6 is 0 Å². The number of likely N-dealkylation sites (N-methyl/N-ethyl adjacent to an activating group) is 1. The fraction of sp³-hybridized carbons (Fsp3) is 0.517. The molecule has 1 N–H and O–H groups in total. The van der Waals surface area contributed by atoms with Gasteiger partial charge in [0.25, 0.3) is 5.91 Å². The van der Waals surface area contributed by atoms with Crippen LogP contribution < -0.4 is 14.8 Å². The number of carbonyl (C=O) groups excluding carboxylic acids is 2. The number of rotatable bonds is 6. The van der Waals surface area contributed by atoms with Crippen LogP contribution in [0, 0.1) is 11.8 Å². The van der Waals surface area contributed by atoms with E-state index in [9.17, 15) is 9.59 Å². The van der Waals surface area contributed by atoms with E-state index in [0.29, 0.717) is 30.2 Å². The number of methoxy groups -OCH3 is 2. The Morgan fingerprint density at radius 2 is 1.81 bits per heavy atom. The van der Waals surface area contributed by atoms with Crippen LogP contribution in [0.2, 0.25) is 0 Å². The molecule has 1 aliphatic carbocycles. The van der Waals surface area contributed by atoms with Crippen molar-refractivity contribution < 1.29 is 23.8 Å². The normalized spacial score (nSPS) is 23.3. The molecule has 1 heterocycles. The lowest BCUT2D eigenvalue weighted by atomic mass is 10.0. The predicted octanol–water partition coefficient (Wildman–Crippen LogP) is 4.05. The van der Waals surface area contributed by atoms with Crippen molar-refractivity contribution in [2.75, 3.05) is 46.3 Å². The van der Waals surface area contributed by atoms with Crippen LogP contribution in [-0.2, 0) is 16.1 Å². The fourth-order valence-electron chi connectivity index (χ4n) is 4.70. The van der Waals surface area contributed by atoms with Gasteiger partial charge in [0.1, 0.15) is 18.1 Å². The second-order valence-electron chi connectivity index (χ2n) is 10.3. The van der Waals surface area contributed by atoms with Gasteiger partial charge in [0.2, 0.25) is 5.91 Å². The van der Waals surface area contributed by atoms with Crippen LogP contribution in [0.3, 0.4) is 0 Å². The Morgan fingerprint density at radius 3 is 2.46 bits per heavy atom. The summed E-state index contributed by atoms with van der Waals surface area (Å²) >= 11 is 0. The van der Waals surface area contributed by atoms with Gasteiger partial charge in [0, 0.05) is 57.5 Å². The summed E-state index contributed by atoms with van der Waals surface area (Å²) in [5.41, 5.74) is 2.30. The Morgan fingerprint density at radius 1 is 1.08 bits per heavy atom. The minimum Gasteiger partial charge on any atom is -0.497 e. The van der Waals surface area contributed by atoms with E-state index in [2.05, 4.69) is 36.2 Å². The van der Waals surface area contributed by atoms with E-state index >= 15 is 0 Å². The summed E-state index contributed by atoms with van der Waals surface area (Å²) in [4.78, 5) is 29.8. The maximum atomic E-state index is 13.4. The average Bonchev–Trinajstić information content (AvgIpc) is 3.75. The number of benzene rings is 2. The Balaban J connectivity index is 1.61. The second-order valence-corrected chi connectivity index (χ2v) is 10.3. The molecule has 1 saturated carbocycles. The summed E-state index contributed by atoms with van der Waals surface area (Å²) < 4.78 is 17.5. The van der Waals surface area contributed by atoms with Gasteiger partial charge in [-0.25, -0.2) is 0 Å². The van der Waals surface area contributed by atoms with Crippen LogP contribution in [0.25, 0.3) is 0 Å². The van der Waals surface area contributed by atoms with E-state index in [0.717, 1.165) is 31.7 Å². The van der Waals surface area contributed by atoms with Crippen LogP contribution in [0.1, 0.15) is 42.6 Å². The number of amides is 2. The van der Waals surface area contributed by atoms with Gasteiger partial charge in [0.15, 0.2) is 0 Å². The highest BCUT2D eigenvalue weighted by Crippen LogP contribution is 2.32. The topological polar surface area (TPSA) is 80.3 Å². The summed E-state index contributed by atoms with van der Waals surface area (Å²) in [6, 6.07) is 13.5. The number of nitrogens with zero attached hydrogens (tertiary/aromatic N) is 2. The lowest BCUT2D eigenvalue weighted by Gasteiger charge is -2.36. The number of hydrogen-bond acceptors (Lipinski definition) is 6. The highest BCUT2D eigenvalue weighted by molar-refractivity contribution is 5.99. The van der Waals surface area contributed by atoms with Gasteiger partial charge in [-0.1, -0.05) is 19.1 Å². The first-order valence-corrected chi connectivity index (χ1v) is 13.0. The molecule has 2 aliphatic rings. The first kappa shape index (κ1) is 26.9. The molecule has 1 fully saturated rings. The highest BCUT2D eigenvalue weighted by Gasteiger charge is 2.31. The van der Waals surface area contributed by atoms with E-state index in [-0.39, 0.29) is 35.8 Å². The molecule has 200 valence electrons. The van der Waals surface area contributed by atoms with Gasteiger partial charge in [-0.15, -0.1) is 0 Å². The zero-order valence-corrected chi connectivity index (χ0v) is 22.5. The third-order valence-corrected chi connectivity index (χ3v) is 7.34. The number of hydrogen-bond donors (Lipinski definition) is 1. The quantitative estimate of drug-likeness (QED) is 0.633. The van der Waals surface area contributed by atoms with E-state index in [1.54, 1.807) is 44.4 Å². The Labute approximate surface area is 219 Å². The van der Waals surface area contributed by atoms with E-state index < -0.39 is 0 Å². The summed E-state index contributed by atoms with van der Waals surface area (Å²) in [6.45, 7) is 6.67. The van der Waals surface area contributed by atoms with Crippen molar-refractivity contribution in [3.63, 3.8) is 0 Å². The standard InChI is InChI=1S/C29H39N3O5/c1-19-15-32(16-21-6-11-24(35-4)12-7-21)20(2)18-37-26-14-23(30-28(33)22-8-9-22)10-13-25(26)29(34)31(3)17-27(19)36-5/h6-7,10-14,19-20,22,27H,8-9,15-18H2,1-5H3,(H,30,33)/t19-,20-,27-/m0/s1. The smallest absolute Gasteiger partial charge is 0.257 e. The van der Waals surface area contributed by atoms with Crippen LogP contribution in [0.5, 0.6) is 11.5 Å². The maximum absolute atomic E-state index is 13.4. The SMILES string of the molecule is COc1ccc(CN2C[C@H](C)[C@@H](OC)CN(C)C(=O)c3ccc(NC(=O)C4CC4)cc3OC[C@@H]2C)cc1. The van der Waals surface area contributed by atoms with Crippen LogP contribution in [0.4, 0.5) is 5.69 Å². The van der Waals surface area contributed by atoms with Gasteiger partial charge >= 0.3 is 0 Å². The van der Waals surface area contributed by atoms with Crippen molar-refractivity contribution in [1.82, 2.24) is 9.80 Å². The van der Waals surface area contributed by atoms with Gasteiger partial charge in [-0.05, 0) is 55.5 Å². The summed E-state index contributed by atoms with van der Waals surface area (Å²) in [5, 5.41) is 2.97. The summed E-state index contributed by atoms with van der Waals surface area (Å²) in [7, 11) is 5.16. The molecule has 2 aromatic rings. The first-order chi connectivity index (χ1) is 17.8. The lowest BCUT2D eigenvalue weighted by Crippen LogP contribution is -2.46. The second kappa shape index (κ2) is 12.0. The Bertz CT molecular complexity index is 1090. The monoisotopic (exact) mass is 509 g/mol. The number of anilines is 1. The molecule has 0 radical (unpaired) electrons. The van der Waals surface area contributed by atoms with E-state index in [1.807, 2.05) is 12.1 Å². The first-order valence-electron chi connectivity index (χ1n) is 13.0. The van der Waals surface area contributed by atoms with Crippen molar-refractivity contribution in [2.24, 2.45) is 11.8 Å². The largest absolute Gasteiger partial charge is 0.497 e. The molecular formula is C29H39N3O5. The Kier molecular flexibility index (Phi) is 8.71. The molecule has 0 bridgehead atoms. The van der Waals surface area contributed by atoms with Crippen molar-refractivity contribution in [3.05, 3.63) is 53.6 Å². The number of fused-ring (bicyclic) bond motifs is 1. The predicted molar refractivity (Wildman–Crippen MR) is 143 cm³/mol. The van der Waals surface area contributed by atoms with E-state index in [4.69, 9.17) is 14.2 Å². The van der Waals surface area contributed by atoms with E-state index in [1.165, 1.54) is 5.56 Å². The maximum Gasteiger partial charge on any atom is 0.257 e. The van der Waals surface area contributed by atoms with Gasteiger partial charge in [-0.3, -0.25) is 14.5 Å². The molecule has 0 spiro atoms. The minimum absolute atomic E-state index is 0.0208. The van der Waals surface area contributed by atoms with Gasteiger partial charge in [-0.2, -0.15) is 0 Å². The molecule has 3 atom stereocenters. The third kappa shape index (κ3) is 6.81. The van der Waals surface area contributed by atoms with Crippen LogP contribution in [0.15, 0.2) is 42.5 Å². The molecule has 0 aromatic heterocycles. The lowest BCUT2D eigenvalue weighted by molar-refractivity contribution is -0.117. The molecule has 2 aromatic carbocycles. The molecule has 4 rings (SSSR count).